The molecule has 6 heteroatoms. The van der Waals surface area contributed by atoms with Gasteiger partial charge in [0.2, 0.25) is 0 Å². The second-order valence-electron chi connectivity index (χ2n) is 3.60. The minimum absolute atomic E-state index is 0.249. The maximum atomic E-state index is 13.2. The standard InChI is InChI=1S/C11H11ClFN3O/c1-16-6-10(14-15-16)7-17-11-3-8(5-12)2-9(13)4-11/h2-4,6H,5,7H2,1H3. The molecule has 0 spiro atoms. The zero-order valence-electron chi connectivity index (χ0n) is 9.23. The Kier molecular flexibility index (Phi) is 3.58. The van der Waals surface area contributed by atoms with Crippen molar-refractivity contribution in [1.29, 1.82) is 0 Å². The maximum absolute atomic E-state index is 13.2. The molecule has 0 fully saturated rings. The van der Waals surface area contributed by atoms with Crippen molar-refractivity contribution in [1.82, 2.24) is 15.0 Å². The first-order chi connectivity index (χ1) is 8.17. The Hall–Kier alpha value is -1.62. The number of alkyl halides is 1. The lowest BCUT2D eigenvalue weighted by Gasteiger charge is -2.05. The van der Waals surface area contributed by atoms with E-state index in [2.05, 4.69) is 10.3 Å². The Morgan fingerprint density at radius 1 is 1.41 bits per heavy atom. The summed E-state index contributed by atoms with van der Waals surface area (Å²) in [6.07, 6.45) is 1.74. The number of benzene rings is 1. The zero-order valence-corrected chi connectivity index (χ0v) is 9.99. The van der Waals surface area contributed by atoms with E-state index in [1.54, 1.807) is 24.0 Å². The first-order valence-electron chi connectivity index (χ1n) is 5.01. The van der Waals surface area contributed by atoms with Crippen LogP contribution in [-0.4, -0.2) is 15.0 Å². The lowest BCUT2D eigenvalue weighted by atomic mass is 10.2. The molecule has 90 valence electrons. The average Bonchev–Trinajstić information content (AvgIpc) is 2.72. The highest BCUT2D eigenvalue weighted by atomic mass is 35.5. The Morgan fingerprint density at radius 3 is 2.88 bits per heavy atom. The van der Waals surface area contributed by atoms with Gasteiger partial charge in [-0.3, -0.25) is 4.68 Å². The van der Waals surface area contributed by atoms with E-state index in [4.69, 9.17) is 16.3 Å². The van der Waals surface area contributed by atoms with Crippen molar-refractivity contribution in [3.05, 3.63) is 41.5 Å². The molecule has 1 heterocycles. The van der Waals surface area contributed by atoms with Gasteiger partial charge in [0.1, 0.15) is 23.9 Å². The van der Waals surface area contributed by atoms with E-state index in [1.807, 2.05) is 0 Å². The third-order valence-electron chi connectivity index (χ3n) is 2.12. The fourth-order valence-corrected chi connectivity index (χ4v) is 1.55. The van der Waals surface area contributed by atoms with E-state index < -0.39 is 0 Å². The van der Waals surface area contributed by atoms with E-state index in [1.165, 1.54) is 12.1 Å². The fraction of sp³-hybridized carbons (Fsp3) is 0.273. The van der Waals surface area contributed by atoms with Crippen LogP contribution < -0.4 is 4.74 Å². The molecule has 0 atom stereocenters. The quantitative estimate of drug-likeness (QED) is 0.787. The van der Waals surface area contributed by atoms with Crippen molar-refractivity contribution < 1.29 is 9.13 Å². The summed E-state index contributed by atoms with van der Waals surface area (Å²) >= 11 is 5.64. The molecule has 1 aromatic carbocycles. The van der Waals surface area contributed by atoms with Gasteiger partial charge in [-0.05, 0) is 17.7 Å². The van der Waals surface area contributed by atoms with Gasteiger partial charge in [0.05, 0.1) is 6.20 Å². The van der Waals surface area contributed by atoms with Crippen LogP contribution in [0.15, 0.2) is 24.4 Å². The molecule has 0 radical (unpaired) electrons. The Labute approximate surface area is 103 Å². The summed E-state index contributed by atoms with van der Waals surface area (Å²) in [6.45, 7) is 0.249. The van der Waals surface area contributed by atoms with E-state index >= 15 is 0 Å². The summed E-state index contributed by atoms with van der Waals surface area (Å²) in [5.74, 6) is 0.322. The first-order valence-corrected chi connectivity index (χ1v) is 5.54. The predicted molar refractivity (Wildman–Crippen MR) is 61.3 cm³/mol. The molecule has 0 bridgehead atoms. The van der Waals surface area contributed by atoms with E-state index in [0.29, 0.717) is 17.0 Å². The third-order valence-corrected chi connectivity index (χ3v) is 2.43. The average molecular weight is 256 g/mol. The van der Waals surface area contributed by atoms with Crippen molar-refractivity contribution >= 4 is 11.6 Å². The number of aryl methyl sites for hydroxylation is 1. The summed E-state index contributed by atoms with van der Waals surface area (Å²) in [7, 11) is 1.77. The predicted octanol–water partition coefficient (Wildman–Crippen LogP) is 2.27. The van der Waals surface area contributed by atoms with Gasteiger partial charge >= 0.3 is 0 Å². The summed E-state index contributed by atoms with van der Waals surface area (Å²) in [5, 5.41) is 7.64. The van der Waals surface area contributed by atoms with Crippen LogP contribution in [0.3, 0.4) is 0 Å². The van der Waals surface area contributed by atoms with Gasteiger partial charge in [0.25, 0.3) is 0 Å². The second-order valence-corrected chi connectivity index (χ2v) is 3.87. The normalized spacial score (nSPS) is 10.5. The number of halogens is 2. The molecule has 0 aliphatic carbocycles. The molecule has 4 nitrogen and oxygen atoms in total. The van der Waals surface area contributed by atoms with Crippen LogP contribution in [0.4, 0.5) is 4.39 Å². The van der Waals surface area contributed by atoms with E-state index in [0.717, 1.165) is 0 Å². The number of aromatic nitrogens is 3. The van der Waals surface area contributed by atoms with Gasteiger partial charge in [-0.2, -0.15) is 0 Å². The monoisotopic (exact) mass is 255 g/mol. The largest absolute Gasteiger partial charge is 0.487 e. The fourth-order valence-electron chi connectivity index (χ4n) is 1.40. The number of ether oxygens (including phenoxy) is 1. The smallest absolute Gasteiger partial charge is 0.134 e. The molecule has 0 N–H and O–H groups in total. The number of hydrogen-bond donors (Lipinski definition) is 0. The van der Waals surface area contributed by atoms with Crippen molar-refractivity contribution in [2.45, 2.75) is 12.5 Å². The van der Waals surface area contributed by atoms with Gasteiger partial charge in [-0.15, -0.1) is 16.7 Å². The molecule has 1 aromatic heterocycles. The summed E-state index contributed by atoms with van der Waals surface area (Å²) in [4.78, 5) is 0. The van der Waals surface area contributed by atoms with Gasteiger partial charge < -0.3 is 4.74 Å². The van der Waals surface area contributed by atoms with Crippen LogP contribution >= 0.6 is 11.6 Å². The summed E-state index contributed by atoms with van der Waals surface area (Å²) in [6, 6.07) is 4.39. The number of rotatable bonds is 4. The zero-order chi connectivity index (χ0) is 12.3. The molecular formula is C11H11ClFN3O. The van der Waals surface area contributed by atoms with Gasteiger partial charge in [0.15, 0.2) is 0 Å². The van der Waals surface area contributed by atoms with Crippen LogP contribution in [0.25, 0.3) is 0 Å². The van der Waals surface area contributed by atoms with Crippen LogP contribution in [0, 0.1) is 5.82 Å². The maximum Gasteiger partial charge on any atom is 0.134 e. The lowest BCUT2D eigenvalue weighted by molar-refractivity contribution is 0.299. The molecular weight excluding hydrogens is 245 g/mol. The molecule has 0 aliphatic heterocycles. The Morgan fingerprint density at radius 2 is 2.24 bits per heavy atom. The lowest BCUT2D eigenvalue weighted by Crippen LogP contribution is -1.97. The molecule has 0 aliphatic rings. The van der Waals surface area contributed by atoms with Crippen molar-refractivity contribution in [3.8, 4) is 5.75 Å². The Bertz CT molecular complexity index is 515. The molecule has 0 saturated heterocycles. The van der Waals surface area contributed by atoms with Crippen LogP contribution in [0.5, 0.6) is 5.75 Å². The SMILES string of the molecule is Cn1cc(COc2cc(F)cc(CCl)c2)nn1. The number of hydrogen-bond acceptors (Lipinski definition) is 3. The van der Waals surface area contributed by atoms with E-state index in [-0.39, 0.29) is 18.3 Å². The highest BCUT2D eigenvalue weighted by molar-refractivity contribution is 6.17. The van der Waals surface area contributed by atoms with Crippen molar-refractivity contribution in [3.63, 3.8) is 0 Å². The van der Waals surface area contributed by atoms with E-state index in [9.17, 15) is 4.39 Å². The minimum Gasteiger partial charge on any atom is -0.487 e. The van der Waals surface area contributed by atoms with Crippen molar-refractivity contribution in [2.75, 3.05) is 0 Å². The van der Waals surface area contributed by atoms with Crippen LogP contribution in [0.2, 0.25) is 0 Å². The molecule has 17 heavy (non-hydrogen) atoms. The molecule has 2 rings (SSSR count). The van der Waals surface area contributed by atoms with Crippen LogP contribution in [0.1, 0.15) is 11.3 Å². The van der Waals surface area contributed by atoms with Crippen LogP contribution in [-0.2, 0) is 19.5 Å². The minimum atomic E-state index is -0.364. The summed E-state index contributed by atoms with van der Waals surface area (Å²) < 4.78 is 20.2. The molecule has 0 unspecified atom stereocenters. The van der Waals surface area contributed by atoms with Gasteiger partial charge in [-0.25, -0.2) is 4.39 Å². The van der Waals surface area contributed by atoms with Gasteiger partial charge in [-0.1, -0.05) is 5.21 Å². The molecule has 0 saturated carbocycles. The first kappa shape index (κ1) is 11.9. The number of nitrogens with zero attached hydrogens (tertiary/aromatic N) is 3. The summed E-state index contributed by atoms with van der Waals surface area (Å²) in [5.41, 5.74) is 1.37. The highest BCUT2D eigenvalue weighted by Gasteiger charge is 2.03. The molecule has 0 amide bonds. The Balaban J connectivity index is 2.05. The van der Waals surface area contributed by atoms with Gasteiger partial charge in [0, 0.05) is 19.0 Å². The second kappa shape index (κ2) is 5.14. The van der Waals surface area contributed by atoms with Crippen molar-refractivity contribution in [2.24, 2.45) is 7.05 Å². The topological polar surface area (TPSA) is 39.9 Å². The third kappa shape index (κ3) is 3.17. The molecule has 2 aromatic rings. The highest BCUT2D eigenvalue weighted by Crippen LogP contribution is 2.18.